The molecule has 3 nitrogen and oxygen atoms in total. The Morgan fingerprint density at radius 1 is 1.50 bits per heavy atom. The van der Waals surface area contributed by atoms with Gasteiger partial charge in [-0.05, 0) is 37.0 Å². The predicted octanol–water partition coefficient (Wildman–Crippen LogP) is 0.834. The van der Waals surface area contributed by atoms with Crippen LogP contribution in [0, 0.1) is 17.8 Å². The van der Waals surface area contributed by atoms with Crippen molar-refractivity contribution >= 4 is 5.97 Å². The number of nitrogens with two attached hydrogens (primary N) is 1. The van der Waals surface area contributed by atoms with Crippen molar-refractivity contribution < 1.29 is 9.90 Å². The molecular weight excluding hydrogens is 154 g/mol. The SMILES string of the molecule is N[C@@H]1C[C@H]2CC[C@@H]1[C@H]2CC(=O)O. The summed E-state index contributed by atoms with van der Waals surface area (Å²) in [5.41, 5.74) is 5.89. The van der Waals surface area contributed by atoms with Crippen molar-refractivity contribution in [2.45, 2.75) is 31.7 Å². The Morgan fingerprint density at radius 2 is 2.25 bits per heavy atom. The molecule has 0 radical (unpaired) electrons. The van der Waals surface area contributed by atoms with E-state index in [1.807, 2.05) is 0 Å². The van der Waals surface area contributed by atoms with Crippen molar-refractivity contribution in [2.75, 3.05) is 0 Å². The number of carboxylic acids is 1. The molecule has 0 heterocycles. The van der Waals surface area contributed by atoms with Crippen molar-refractivity contribution in [3.63, 3.8) is 0 Å². The standard InChI is InChI=1S/C9H15NO2/c10-8-3-5-1-2-6(8)7(5)4-9(11)12/h5-8H,1-4,10H2,(H,11,12)/t5-,6-,7+,8-/m1/s1. The van der Waals surface area contributed by atoms with Gasteiger partial charge < -0.3 is 10.8 Å². The van der Waals surface area contributed by atoms with Crippen LogP contribution < -0.4 is 5.73 Å². The summed E-state index contributed by atoms with van der Waals surface area (Å²) in [5.74, 6) is 0.843. The average molecular weight is 169 g/mol. The average Bonchev–Trinajstić information content (AvgIpc) is 2.44. The van der Waals surface area contributed by atoms with Crippen LogP contribution >= 0.6 is 0 Å². The number of hydrogen-bond acceptors (Lipinski definition) is 2. The van der Waals surface area contributed by atoms with E-state index in [-0.39, 0.29) is 6.04 Å². The van der Waals surface area contributed by atoms with Crippen molar-refractivity contribution in [3.05, 3.63) is 0 Å². The van der Waals surface area contributed by atoms with E-state index in [9.17, 15) is 4.79 Å². The topological polar surface area (TPSA) is 63.3 Å². The molecule has 0 unspecified atom stereocenters. The molecule has 4 atom stereocenters. The fourth-order valence-corrected chi connectivity index (χ4v) is 3.05. The molecule has 2 saturated carbocycles. The van der Waals surface area contributed by atoms with E-state index in [1.165, 1.54) is 6.42 Å². The Morgan fingerprint density at radius 3 is 2.67 bits per heavy atom. The Labute approximate surface area is 71.9 Å². The van der Waals surface area contributed by atoms with Gasteiger partial charge in [0.2, 0.25) is 0 Å². The van der Waals surface area contributed by atoms with Crippen LogP contribution in [0.25, 0.3) is 0 Å². The molecule has 0 saturated heterocycles. The highest BCUT2D eigenvalue weighted by Gasteiger charge is 2.46. The summed E-state index contributed by atoms with van der Waals surface area (Å²) < 4.78 is 0. The van der Waals surface area contributed by atoms with Crippen LogP contribution in [-0.4, -0.2) is 17.1 Å². The third kappa shape index (κ3) is 1.12. The molecule has 0 aliphatic heterocycles. The maximum atomic E-state index is 10.5. The Kier molecular flexibility index (Phi) is 1.83. The smallest absolute Gasteiger partial charge is 0.303 e. The highest BCUT2D eigenvalue weighted by molar-refractivity contribution is 5.67. The van der Waals surface area contributed by atoms with E-state index < -0.39 is 5.97 Å². The van der Waals surface area contributed by atoms with Crippen LogP contribution in [0.4, 0.5) is 0 Å². The maximum Gasteiger partial charge on any atom is 0.303 e. The molecule has 2 bridgehead atoms. The minimum Gasteiger partial charge on any atom is -0.481 e. The van der Waals surface area contributed by atoms with E-state index in [0.29, 0.717) is 24.2 Å². The van der Waals surface area contributed by atoms with Crippen molar-refractivity contribution in [1.82, 2.24) is 0 Å². The molecule has 3 N–H and O–H groups in total. The summed E-state index contributed by atoms with van der Waals surface area (Å²) in [4.78, 5) is 10.5. The Hall–Kier alpha value is -0.570. The minimum absolute atomic E-state index is 0.285. The van der Waals surface area contributed by atoms with Gasteiger partial charge in [0.1, 0.15) is 0 Å². The van der Waals surface area contributed by atoms with Gasteiger partial charge in [-0.3, -0.25) is 4.79 Å². The van der Waals surface area contributed by atoms with Gasteiger partial charge in [0, 0.05) is 12.5 Å². The third-order valence-corrected chi connectivity index (χ3v) is 3.56. The number of aliphatic carboxylic acids is 1. The third-order valence-electron chi connectivity index (χ3n) is 3.56. The van der Waals surface area contributed by atoms with Gasteiger partial charge >= 0.3 is 5.97 Å². The molecule has 0 aromatic heterocycles. The molecule has 0 aromatic rings. The molecule has 68 valence electrons. The van der Waals surface area contributed by atoms with Crippen LogP contribution in [0.15, 0.2) is 0 Å². The van der Waals surface area contributed by atoms with Crippen molar-refractivity contribution in [1.29, 1.82) is 0 Å². The summed E-state index contributed by atoms with van der Waals surface area (Å²) in [5, 5.41) is 8.68. The Bertz CT molecular complexity index is 205. The zero-order valence-electron chi connectivity index (χ0n) is 7.07. The summed E-state index contributed by atoms with van der Waals surface area (Å²) in [7, 11) is 0. The van der Waals surface area contributed by atoms with E-state index >= 15 is 0 Å². The van der Waals surface area contributed by atoms with Crippen LogP contribution in [0.5, 0.6) is 0 Å². The first kappa shape index (κ1) is 8.05. The lowest BCUT2D eigenvalue weighted by Crippen LogP contribution is -2.27. The largest absolute Gasteiger partial charge is 0.481 e. The molecule has 0 aromatic carbocycles. The first-order valence-corrected chi connectivity index (χ1v) is 4.66. The van der Waals surface area contributed by atoms with E-state index in [4.69, 9.17) is 10.8 Å². The van der Waals surface area contributed by atoms with E-state index in [1.54, 1.807) is 0 Å². The van der Waals surface area contributed by atoms with Gasteiger partial charge in [-0.15, -0.1) is 0 Å². The highest BCUT2D eigenvalue weighted by Crippen LogP contribution is 2.49. The maximum absolute atomic E-state index is 10.5. The number of hydrogen-bond donors (Lipinski definition) is 2. The lowest BCUT2D eigenvalue weighted by molar-refractivity contribution is -0.138. The number of carboxylic acid groups (broad SMARTS) is 1. The minimum atomic E-state index is -0.661. The molecular formula is C9H15NO2. The molecule has 2 aliphatic carbocycles. The molecule has 2 fully saturated rings. The normalized spacial score (nSPS) is 45.1. The molecule has 3 heteroatoms. The van der Waals surface area contributed by atoms with Gasteiger partial charge in [-0.1, -0.05) is 0 Å². The number of fused-ring (bicyclic) bond motifs is 2. The van der Waals surface area contributed by atoms with Crippen LogP contribution in [0.1, 0.15) is 25.7 Å². The lowest BCUT2D eigenvalue weighted by atomic mass is 9.93. The lowest BCUT2D eigenvalue weighted by Gasteiger charge is -2.16. The van der Waals surface area contributed by atoms with Crippen molar-refractivity contribution in [3.8, 4) is 0 Å². The van der Waals surface area contributed by atoms with E-state index in [0.717, 1.165) is 12.8 Å². The Balaban J connectivity index is 2.03. The summed E-state index contributed by atoms with van der Waals surface area (Å²) in [6.07, 6.45) is 3.76. The fraction of sp³-hybridized carbons (Fsp3) is 0.889. The van der Waals surface area contributed by atoms with Gasteiger partial charge in [-0.2, -0.15) is 0 Å². The quantitative estimate of drug-likeness (QED) is 0.643. The van der Waals surface area contributed by atoms with Gasteiger partial charge in [0.15, 0.2) is 0 Å². The first-order valence-electron chi connectivity index (χ1n) is 4.66. The van der Waals surface area contributed by atoms with Crippen LogP contribution in [0.2, 0.25) is 0 Å². The zero-order valence-corrected chi connectivity index (χ0v) is 7.07. The van der Waals surface area contributed by atoms with Crippen molar-refractivity contribution in [2.24, 2.45) is 23.5 Å². The van der Waals surface area contributed by atoms with Gasteiger partial charge in [-0.25, -0.2) is 0 Å². The number of carbonyl (C=O) groups is 1. The fourth-order valence-electron chi connectivity index (χ4n) is 3.05. The van der Waals surface area contributed by atoms with Gasteiger partial charge in [0.25, 0.3) is 0 Å². The summed E-state index contributed by atoms with van der Waals surface area (Å²) >= 11 is 0. The molecule has 2 rings (SSSR count). The number of rotatable bonds is 2. The summed E-state index contributed by atoms with van der Waals surface area (Å²) in [6.45, 7) is 0. The first-order chi connectivity index (χ1) is 5.68. The zero-order chi connectivity index (χ0) is 8.72. The predicted molar refractivity (Wildman–Crippen MR) is 44.5 cm³/mol. The second-order valence-corrected chi connectivity index (χ2v) is 4.16. The molecule has 0 spiro atoms. The van der Waals surface area contributed by atoms with Crippen LogP contribution in [-0.2, 0) is 4.79 Å². The molecule has 0 amide bonds. The van der Waals surface area contributed by atoms with E-state index in [2.05, 4.69) is 0 Å². The molecule has 12 heavy (non-hydrogen) atoms. The second kappa shape index (κ2) is 2.73. The van der Waals surface area contributed by atoms with Gasteiger partial charge in [0.05, 0.1) is 0 Å². The monoisotopic (exact) mass is 169 g/mol. The van der Waals surface area contributed by atoms with Crippen LogP contribution in [0.3, 0.4) is 0 Å². The summed E-state index contributed by atoms with van der Waals surface area (Å²) in [6, 6.07) is 0.285. The second-order valence-electron chi connectivity index (χ2n) is 4.16. The molecule has 2 aliphatic rings. The highest BCUT2D eigenvalue weighted by atomic mass is 16.4.